The number of rotatable bonds is 7. The number of benzene rings is 2. The van der Waals surface area contributed by atoms with E-state index in [-0.39, 0.29) is 6.03 Å². The summed E-state index contributed by atoms with van der Waals surface area (Å²) in [6, 6.07) is 16.5. The number of hydrogen-bond acceptors (Lipinski definition) is 3. The lowest BCUT2D eigenvalue weighted by Crippen LogP contribution is -2.46. The molecule has 2 aromatic carbocycles. The number of hydrogen-bond donors (Lipinski definition) is 2. The third-order valence-electron chi connectivity index (χ3n) is 5.42. The van der Waals surface area contributed by atoms with E-state index < -0.39 is 0 Å². The minimum atomic E-state index is -0.129. The summed E-state index contributed by atoms with van der Waals surface area (Å²) < 4.78 is 0. The van der Waals surface area contributed by atoms with Crippen LogP contribution in [0.4, 0.5) is 10.5 Å². The highest BCUT2D eigenvalue weighted by Gasteiger charge is 2.16. The molecule has 1 saturated heterocycles. The Bertz CT molecular complexity index is 754. The van der Waals surface area contributed by atoms with Crippen LogP contribution in [0.1, 0.15) is 23.1 Å². The molecule has 1 aliphatic rings. The maximum atomic E-state index is 12.0. The minimum Gasteiger partial charge on any atom is -0.338 e. The summed E-state index contributed by atoms with van der Waals surface area (Å²) in [4.78, 5) is 17.0. The molecule has 1 aliphatic heterocycles. The van der Waals surface area contributed by atoms with Gasteiger partial charge in [-0.2, -0.15) is 0 Å². The zero-order valence-corrected chi connectivity index (χ0v) is 17.1. The van der Waals surface area contributed by atoms with Crippen molar-refractivity contribution in [1.29, 1.82) is 0 Å². The Morgan fingerprint density at radius 2 is 1.64 bits per heavy atom. The lowest BCUT2D eigenvalue weighted by Gasteiger charge is -2.34. The summed E-state index contributed by atoms with van der Waals surface area (Å²) in [6.07, 6.45) is 0.971. The van der Waals surface area contributed by atoms with Crippen LogP contribution in [0, 0.1) is 13.8 Å². The molecule has 28 heavy (non-hydrogen) atoms. The van der Waals surface area contributed by atoms with Gasteiger partial charge in [0.2, 0.25) is 0 Å². The van der Waals surface area contributed by atoms with Crippen molar-refractivity contribution in [2.45, 2.75) is 26.8 Å². The summed E-state index contributed by atoms with van der Waals surface area (Å²) in [5.41, 5.74) is 4.64. The van der Waals surface area contributed by atoms with Gasteiger partial charge in [-0.05, 0) is 55.6 Å². The lowest BCUT2D eigenvalue weighted by molar-refractivity contribution is 0.126. The standard InChI is InChI=1S/C23H32N4O/c1-19-9-10-22(17-20(19)2)25-23(28)24-11-6-12-26-13-15-27(16-14-26)18-21-7-4-3-5-8-21/h3-5,7-10,17H,6,11-16,18H2,1-2H3,(H2,24,25,28). The van der Waals surface area contributed by atoms with E-state index in [0.717, 1.165) is 51.4 Å². The first-order chi connectivity index (χ1) is 13.6. The van der Waals surface area contributed by atoms with Gasteiger partial charge >= 0.3 is 6.03 Å². The number of urea groups is 1. The van der Waals surface area contributed by atoms with Crippen molar-refractivity contribution in [3.8, 4) is 0 Å². The molecule has 2 amide bonds. The van der Waals surface area contributed by atoms with Crippen LogP contribution in [0.2, 0.25) is 0 Å². The normalized spacial score (nSPS) is 15.4. The lowest BCUT2D eigenvalue weighted by atomic mass is 10.1. The fourth-order valence-electron chi connectivity index (χ4n) is 3.51. The Labute approximate surface area is 168 Å². The minimum absolute atomic E-state index is 0.129. The molecule has 3 rings (SSSR count). The zero-order chi connectivity index (χ0) is 19.8. The number of amides is 2. The molecule has 2 aromatic rings. The number of anilines is 1. The predicted molar refractivity (Wildman–Crippen MR) is 116 cm³/mol. The molecule has 0 aromatic heterocycles. The molecule has 1 fully saturated rings. The monoisotopic (exact) mass is 380 g/mol. The number of aryl methyl sites for hydroxylation is 2. The van der Waals surface area contributed by atoms with Gasteiger partial charge in [-0.3, -0.25) is 4.90 Å². The van der Waals surface area contributed by atoms with Crippen molar-refractivity contribution in [1.82, 2.24) is 15.1 Å². The molecule has 150 valence electrons. The van der Waals surface area contributed by atoms with Gasteiger partial charge in [0.05, 0.1) is 0 Å². The summed E-state index contributed by atoms with van der Waals surface area (Å²) >= 11 is 0. The number of piperazine rings is 1. The fourth-order valence-corrected chi connectivity index (χ4v) is 3.51. The van der Waals surface area contributed by atoms with Gasteiger partial charge in [-0.25, -0.2) is 4.79 Å². The molecule has 0 bridgehead atoms. The van der Waals surface area contributed by atoms with Crippen LogP contribution in [-0.4, -0.2) is 55.1 Å². The van der Waals surface area contributed by atoms with E-state index >= 15 is 0 Å². The van der Waals surface area contributed by atoms with Crippen LogP contribution in [0.25, 0.3) is 0 Å². The molecule has 0 radical (unpaired) electrons. The zero-order valence-electron chi connectivity index (χ0n) is 17.1. The molecular weight excluding hydrogens is 348 g/mol. The van der Waals surface area contributed by atoms with E-state index in [1.807, 2.05) is 18.2 Å². The SMILES string of the molecule is Cc1ccc(NC(=O)NCCCN2CCN(Cc3ccccc3)CC2)cc1C. The first-order valence-corrected chi connectivity index (χ1v) is 10.2. The highest BCUT2D eigenvalue weighted by molar-refractivity contribution is 5.89. The van der Waals surface area contributed by atoms with Crippen LogP contribution >= 0.6 is 0 Å². The van der Waals surface area contributed by atoms with Crippen molar-refractivity contribution in [3.05, 3.63) is 65.2 Å². The van der Waals surface area contributed by atoms with Crippen LogP contribution in [0.5, 0.6) is 0 Å². The second kappa shape index (κ2) is 10.2. The molecule has 5 nitrogen and oxygen atoms in total. The van der Waals surface area contributed by atoms with Crippen LogP contribution in [-0.2, 0) is 6.54 Å². The van der Waals surface area contributed by atoms with Gasteiger partial charge in [0.1, 0.15) is 0 Å². The summed E-state index contributed by atoms with van der Waals surface area (Å²) in [7, 11) is 0. The molecular formula is C23H32N4O. The second-order valence-electron chi connectivity index (χ2n) is 7.64. The van der Waals surface area contributed by atoms with E-state index in [0.29, 0.717) is 6.54 Å². The maximum Gasteiger partial charge on any atom is 0.319 e. The molecule has 1 heterocycles. The molecule has 5 heteroatoms. The van der Waals surface area contributed by atoms with Crippen LogP contribution in [0.15, 0.2) is 48.5 Å². The number of carbonyl (C=O) groups is 1. The predicted octanol–water partition coefficient (Wildman–Crippen LogP) is 3.63. The molecule has 0 saturated carbocycles. The van der Waals surface area contributed by atoms with E-state index in [1.165, 1.54) is 16.7 Å². The third kappa shape index (κ3) is 6.36. The Kier molecular flexibility index (Phi) is 7.46. The highest BCUT2D eigenvalue weighted by atomic mass is 16.2. The molecule has 2 N–H and O–H groups in total. The maximum absolute atomic E-state index is 12.0. The largest absolute Gasteiger partial charge is 0.338 e. The van der Waals surface area contributed by atoms with Crippen molar-refractivity contribution < 1.29 is 4.79 Å². The Morgan fingerprint density at radius 1 is 0.929 bits per heavy atom. The van der Waals surface area contributed by atoms with Gasteiger partial charge < -0.3 is 15.5 Å². The van der Waals surface area contributed by atoms with Gasteiger partial charge in [-0.15, -0.1) is 0 Å². The van der Waals surface area contributed by atoms with Gasteiger partial charge in [0.25, 0.3) is 0 Å². The summed E-state index contributed by atoms with van der Waals surface area (Å²) in [6.45, 7) is 11.3. The fraction of sp³-hybridized carbons (Fsp3) is 0.435. The average Bonchev–Trinajstić information content (AvgIpc) is 2.70. The highest BCUT2D eigenvalue weighted by Crippen LogP contribution is 2.14. The molecule has 0 atom stereocenters. The first kappa shape index (κ1) is 20.4. The van der Waals surface area contributed by atoms with Gasteiger partial charge in [0, 0.05) is 45.0 Å². The molecule has 0 spiro atoms. The number of nitrogens with one attached hydrogen (secondary N) is 2. The Morgan fingerprint density at radius 3 is 2.36 bits per heavy atom. The van der Waals surface area contributed by atoms with Crippen LogP contribution < -0.4 is 10.6 Å². The van der Waals surface area contributed by atoms with E-state index in [2.05, 4.69) is 64.6 Å². The second-order valence-corrected chi connectivity index (χ2v) is 7.64. The van der Waals surface area contributed by atoms with Crippen molar-refractivity contribution in [2.75, 3.05) is 44.6 Å². The molecule has 0 unspecified atom stereocenters. The molecule has 0 aliphatic carbocycles. The van der Waals surface area contributed by atoms with E-state index in [9.17, 15) is 4.79 Å². The summed E-state index contributed by atoms with van der Waals surface area (Å²) in [5.74, 6) is 0. The third-order valence-corrected chi connectivity index (χ3v) is 5.42. The smallest absolute Gasteiger partial charge is 0.319 e. The Hall–Kier alpha value is -2.37. The number of carbonyl (C=O) groups excluding carboxylic acids is 1. The topological polar surface area (TPSA) is 47.6 Å². The average molecular weight is 381 g/mol. The quantitative estimate of drug-likeness (QED) is 0.721. The van der Waals surface area contributed by atoms with Crippen molar-refractivity contribution >= 4 is 11.7 Å². The Balaban J connectivity index is 1.28. The van der Waals surface area contributed by atoms with E-state index in [1.54, 1.807) is 0 Å². The van der Waals surface area contributed by atoms with E-state index in [4.69, 9.17) is 0 Å². The number of nitrogens with zero attached hydrogens (tertiary/aromatic N) is 2. The van der Waals surface area contributed by atoms with Gasteiger partial charge in [0.15, 0.2) is 0 Å². The van der Waals surface area contributed by atoms with Crippen molar-refractivity contribution in [3.63, 3.8) is 0 Å². The summed E-state index contributed by atoms with van der Waals surface area (Å²) in [5, 5.41) is 5.87. The van der Waals surface area contributed by atoms with Crippen LogP contribution in [0.3, 0.4) is 0 Å². The van der Waals surface area contributed by atoms with Gasteiger partial charge in [-0.1, -0.05) is 36.4 Å². The van der Waals surface area contributed by atoms with Crippen molar-refractivity contribution in [2.24, 2.45) is 0 Å². The first-order valence-electron chi connectivity index (χ1n) is 10.2.